The van der Waals surface area contributed by atoms with Gasteiger partial charge in [-0.25, -0.2) is 0 Å². The van der Waals surface area contributed by atoms with E-state index in [1.807, 2.05) is 11.3 Å². The van der Waals surface area contributed by atoms with Crippen molar-refractivity contribution >= 4 is 103 Å². The fourth-order valence-electron chi connectivity index (χ4n) is 9.98. The van der Waals surface area contributed by atoms with Gasteiger partial charge in [-0.1, -0.05) is 164 Å². The predicted octanol–water partition coefficient (Wildman–Crippen LogP) is 17.4. The number of thiophene rings is 1. The topological polar surface area (TPSA) is 8.17 Å². The zero-order chi connectivity index (χ0) is 41.4. The Bertz CT molecular complexity index is 3900. The van der Waals surface area contributed by atoms with Crippen molar-refractivity contribution in [2.45, 2.75) is 0 Å². The van der Waals surface area contributed by atoms with Crippen LogP contribution in [0.4, 0.5) is 17.1 Å². The standard InChI is InChI=1S/C60H38N2S/c1-3-13-39(14-4-1)40-25-30-46(31-26-40)61(47-32-27-43-24-23-41-15-7-9-19-49(41)53(43)36-47)48-37-54(60-55(38-48)51-21-11-12-22-58(51)63-60)44-28-33-52-57(35-44)62(45-17-5-2-6-18-45)56-34-29-42-16-8-10-20-50(42)59(52)56/h1-38H. The van der Waals surface area contributed by atoms with Gasteiger partial charge in [0.1, 0.15) is 0 Å². The van der Waals surface area contributed by atoms with E-state index in [0.717, 1.165) is 22.7 Å². The lowest BCUT2D eigenvalue weighted by Crippen LogP contribution is -2.10. The fraction of sp³-hybridized carbons (Fsp3) is 0. The molecule has 11 aromatic carbocycles. The number of anilines is 3. The number of nitrogens with zero attached hydrogens (tertiary/aromatic N) is 2. The largest absolute Gasteiger partial charge is 0.310 e. The summed E-state index contributed by atoms with van der Waals surface area (Å²) in [6.07, 6.45) is 0. The van der Waals surface area contributed by atoms with E-state index in [1.165, 1.54) is 96.5 Å². The van der Waals surface area contributed by atoms with Crippen LogP contribution in [0.5, 0.6) is 0 Å². The molecular formula is C60H38N2S. The summed E-state index contributed by atoms with van der Waals surface area (Å²) in [5, 5.41) is 12.6. The van der Waals surface area contributed by atoms with Gasteiger partial charge >= 0.3 is 0 Å². The van der Waals surface area contributed by atoms with Crippen LogP contribution in [-0.2, 0) is 0 Å². The van der Waals surface area contributed by atoms with Crippen LogP contribution in [0.1, 0.15) is 0 Å². The summed E-state index contributed by atoms with van der Waals surface area (Å²) >= 11 is 1.89. The van der Waals surface area contributed by atoms with E-state index in [0.29, 0.717) is 0 Å². The third-order valence-electron chi connectivity index (χ3n) is 12.9. The first-order valence-corrected chi connectivity index (χ1v) is 22.4. The maximum atomic E-state index is 2.46. The Kier molecular flexibility index (Phi) is 8.12. The molecule has 2 nitrogen and oxygen atoms in total. The number of fused-ring (bicyclic) bond motifs is 11. The van der Waals surface area contributed by atoms with Gasteiger partial charge in [-0.05, 0) is 116 Å². The highest BCUT2D eigenvalue weighted by Crippen LogP contribution is 2.48. The van der Waals surface area contributed by atoms with Crippen molar-refractivity contribution in [3.8, 4) is 27.9 Å². The van der Waals surface area contributed by atoms with Crippen molar-refractivity contribution < 1.29 is 0 Å². The van der Waals surface area contributed by atoms with Crippen LogP contribution in [0.3, 0.4) is 0 Å². The molecule has 0 fully saturated rings. The van der Waals surface area contributed by atoms with E-state index in [1.54, 1.807) is 0 Å². The second kappa shape index (κ2) is 14.3. The first-order valence-electron chi connectivity index (χ1n) is 21.6. The zero-order valence-electron chi connectivity index (χ0n) is 34.2. The molecule has 13 rings (SSSR count). The van der Waals surface area contributed by atoms with Gasteiger partial charge in [-0.15, -0.1) is 11.3 Å². The van der Waals surface area contributed by atoms with Gasteiger partial charge in [0.05, 0.1) is 11.0 Å². The highest BCUT2D eigenvalue weighted by Gasteiger charge is 2.21. The van der Waals surface area contributed by atoms with Crippen molar-refractivity contribution in [2.75, 3.05) is 4.90 Å². The van der Waals surface area contributed by atoms with E-state index < -0.39 is 0 Å². The number of hydrogen-bond acceptors (Lipinski definition) is 2. The van der Waals surface area contributed by atoms with Crippen LogP contribution in [0.15, 0.2) is 231 Å². The quantitative estimate of drug-likeness (QED) is 0.152. The van der Waals surface area contributed by atoms with E-state index in [-0.39, 0.29) is 0 Å². The molecular weight excluding hydrogens is 781 g/mol. The number of benzene rings is 11. The Hall–Kier alpha value is -7.98. The molecule has 0 aliphatic heterocycles. The summed E-state index contributed by atoms with van der Waals surface area (Å²) in [4.78, 5) is 2.46. The van der Waals surface area contributed by atoms with Crippen molar-refractivity contribution in [3.63, 3.8) is 0 Å². The third-order valence-corrected chi connectivity index (χ3v) is 14.1. The minimum atomic E-state index is 1.10. The molecule has 63 heavy (non-hydrogen) atoms. The highest BCUT2D eigenvalue weighted by molar-refractivity contribution is 7.26. The molecule has 2 aromatic heterocycles. The summed E-state index contributed by atoms with van der Waals surface area (Å²) in [6.45, 7) is 0. The zero-order valence-corrected chi connectivity index (χ0v) is 35.1. The Morgan fingerprint density at radius 3 is 1.73 bits per heavy atom. The van der Waals surface area contributed by atoms with Crippen LogP contribution in [0.2, 0.25) is 0 Å². The molecule has 13 aromatic rings. The van der Waals surface area contributed by atoms with Crippen LogP contribution in [0, 0.1) is 0 Å². The molecule has 0 aliphatic rings. The third kappa shape index (κ3) is 5.78. The molecule has 0 saturated carbocycles. The smallest absolute Gasteiger partial charge is 0.0547 e. The monoisotopic (exact) mass is 818 g/mol. The molecule has 0 amide bonds. The predicted molar refractivity (Wildman–Crippen MR) is 272 cm³/mol. The summed E-state index contributed by atoms with van der Waals surface area (Å²) in [5.74, 6) is 0. The van der Waals surface area contributed by atoms with Gasteiger partial charge in [0, 0.05) is 59.3 Å². The van der Waals surface area contributed by atoms with Gasteiger partial charge in [-0.3, -0.25) is 0 Å². The summed E-state index contributed by atoms with van der Waals surface area (Å²) < 4.78 is 5.02. The summed E-state index contributed by atoms with van der Waals surface area (Å²) in [5.41, 5.74) is 11.7. The number of rotatable bonds is 6. The number of para-hydroxylation sites is 1. The molecule has 0 radical (unpaired) electrons. The van der Waals surface area contributed by atoms with Gasteiger partial charge in [0.15, 0.2) is 0 Å². The van der Waals surface area contributed by atoms with E-state index >= 15 is 0 Å². The molecule has 0 spiro atoms. The van der Waals surface area contributed by atoms with Crippen LogP contribution in [-0.4, -0.2) is 4.57 Å². The summed E-state index contributed by atoms with van der Waals surface area (Å²) in [7, 11) is 0. The lowest BCUT2D eigenvalue weighted by Gasteiger charge is -2.27. The van der Waals surface area contributed by atoms with Gasteiger partial charge in [0.25, 0.3) is 0 Å². The normalized spacial score (nSPS) is 11.8. The Morgan fingerprint density at radius 2 is 0.921 bits per heavy atom. The number of hydrogen-bond donors (Lipinski definition) is 0. The van der Waals surface area contributed by atoms with Crippen molar-refractivity contribution in [2.24, 2.45) is 0 Å². The molecule has 0 bridgehead atoms. The molecule has 0 saturated heterocycles. The lowest BCUT2D eigenvalue weighted by molar-refractivity contribution is 1.18. The molecule has 0 aliphatic carbocycles. The highest BCUT2D eigenvalue weighted by atomic mass is 32.1. The molecule has 294 valence electrons. The van der Waals surface area contributed by atoms with Gasteiger partial charge < -0.3 is 9.47 Å². The van der Waals surface area contributed by atoms with E-state index in [9.17, 15) is 0 Å². The Balaban J connectivity index is 1.09. The maximum Gasteiger partial charge on any atom is 0.0547 e. The van der Waals surface area contributed by atoms with Crippen molar-refractivity contribution in [1.29, 1.82) is 0 Å². The molecule has 0 N–H and O–H groups in total. The van der Waals surface area contributed by atoms with Crippen molar-refractivity contribution in [1.82, 2.24) is 4.57 Å². The average Bonchev–Trinajstić information content (AvgIpc) is 3.90. The SMILES string of the molecule is c1ccc(-c2ccc(N(c3ccc4ccc5ccccc5c4c3)c3cc(-c4ccc5c6c7ccccc7ccc6n(-c6ccccc6)c5c4)c4sc5ccccc5c4c3)cc2)cc1. The minimum Gasteiger partial charge on any atom is -0.310 e. The number of aromatic nitrogens is 1. The molecule has 0 unspecified atom stereocenters. The minimum absolute atomic E-state index is 1.10. The molecule has 2 heterocycles. The maximum absolute atomic E-state index is 2.46. The fourth-order valence-corrected chi connectivity index (χ4v) is 11.2. The average molecular weight is 819 g/mol. The van der Waals surface area contributed by atoms with Crippen molar-refractivity contribution in [3.05, 3.63) is 231 Å². The van der Waals surface area contributed by atoms with Crippen LogP contribution >= 0.6 is 11.3 Å². The first kappa shape index (κ1) is 35.7. The summed E-state index contributed by atoms with van der Waals surface area (Å²) in [6, 6.07) is 84.9. The second-order valence-electron chi connectivity index (χ2n) is 16.5. The second-order valence-corrected chi connectivity index (χ2v) is 17.5. The van der Waals surface area contributed by atoms with Crippen LogP contribution in [0.25, 0.3) is 102 Å². The van der Waals surface area contributed by atoms with Crippen LogP contribution < -0.4 is 4.90 Å². The first-order chi connectivity index (χ1) is 31.2. The Labute approximate surface area is 368 Å². The molecule has 0 atom stereocenters. The van der Waals surface area contributed by atoms with E-state index in [2.05, 4.69) is 240 Å². The van der Waals surface area contributed by atoms with E-state index in [4.69, 9.17) is 0 Å². The molecule has 3 heteroatoms. The van der Waals surface area contributed by atoms with Gasteiger partial charge in [0.2, 0.25) is 0 Å². The Morgan fingerprint density at radius 1 is 0.333 bits per heavy atom. The van der Waals surface area contributed by atoms with Gasteiger partial charge in [-0.2, -0.15) is 0 Å². The lowest BCUT2D eigenvalue weighted by atomic mass is 9.98.